The molecule has 0 spiro atoms. The van der Waals surface area contributed by atoms with Crippen LogP contribution in [0.4, 0.5) is 5.69 Å². The molecule has 30 heavy (non-hydrogen) atoms. The van der Waals surface area contributed by atoms with Crippen LogP contribution in [0.3, 0.4) is 0 Å². The van der Waals surface area contributed by atoms with Gasteiger partial charge in [-0.05, 0) is 61.1 Å². The lowest BCUT2D eigenvalue weighted by Gasteiger charge is -2.28. The Morgan fingerprint density at radius 2 is 1.83 bits per heavy atom. The van der Waals surface area contributed by atoms with Crippen molar-refractivity contribution in [2.45, 2.75) is 42.7 Å². The second-order valence-electron chi connectivity index (χ2n) is 7.79. The van der Waals surface area contributed by atoms with Crippen LogP contribution in [0.2, 0.25) is 5.02 Å². The lowest BCUT2D eigenvalue weighted by molar-refractivity contribution is 0.112. The Bertz CT molecular complexity index is 1130. The Morgan fingerprint density at radius 3 is 2.50 bits per heavy atom. The summed E-state index contributed by atoms with van der Waals surface area (Å²) < 4.78 is 12.4. The van der Waals surface area contributed by atoms with Crippen molar-refractivity contribution in [1.82, 2.24) is 4.98 Å². The van der Waals surface area contributed by atoms with Crippen LogP contribution in [-0.4, -0.2) is 33.8 Å². The quantitative estimate of drug-likeness (QED) is 0.556. The molecule has 1 aliphatic carbocycles. The molecule has 7 heteroatoms. The lowest BCUT2D eigenvalue weighted by atomic mass is 9.91. The number of fused-ring (bicyclic) bond motifs is 1. The Balaban J connectivity index is 1.80. The number of anilines is 1. The van der Waals surface area contributed by atoms with Gasteiger partial charge in [0.2, 0.25) is 0 Å². The van der Waals surface area contributed by atoms with E-state index >= 15 is 0 Å². The molecule has 1 aromatic heterocycles. The molecule has 1 atom stereocenters. The second-order valence-corrected chi connectivity index (χ2v) is 9.55. The summed E-state index contributed by atoms with van der Waals surface area (Å²) in [6.45, 7) is 0. The fraction of sp³-hybridized carbons (Fsp3) is 0.304. The van der Waals surface area contributed by atoms with Gasteiger partial charge in [0.15, 0.2) is 6.29 Å². The number of hydrogen-bond acceptors (Lipinski definition) is 5. The molecular weight excluding hydrogens is 418 g/mol. The maximum Gasteiger partial charge on any atom is 0.151 e. The number of nitrogens with two attached hydrogens (primary N) is 1. The number of aromatic nitrogens is 1. The van der Waals surface area contributed by atoms with Gasteiger partial charge in [0.25, 0.3) is 0 Å². The molecule has 1 heterocycles. The van der Waals surface area contributed by atoms with Crippen LogP contribution in [0.15, 0.2) is 47.5 Å². The van der Waals surface area contributed by atoms with E-state index in [9.17, 15) is 9.00 Å². The zero-order chi connectivity index (χ0) is 21.3. The summed E-state index contributed by atoms with van der Waals surface area (Å²) in [5.41, 5.74) is 10.1. The van der Waals surface area contributed by atoms with Gasteiger partial charge in [0.05, 0.1) is 31.9 Å². The molecule has 5 nitrogen and oxygen atoms in total. The van der Waals surface area contributed by atoms with Crippen molar-refractivity contribution < 1.29 is 9.00 Å². The molecule has 3 N–H and O–H groups in total. The molecule has 156 valence electrons. The molecule has 0 bridgehead atoms. The van der Waals surface area contributed by atoms with Gasteiger partial charge in [0, 0.05) is 35.5 Å². The predicted octanol–water partition coefficient (Wildman–Crippen LogP) is 4.79. The van der Waals surface area contributed by atoms with Crippen LogP contribution in [0.25, 0.3) is 22.0 Å². The maximum atomic E-state index is 12.4. The van der Waals surface area contributed by atoms with E-state index in [4.69, 9.17) is 17.3 Å². The molecule has 0 saturated heterocycles. The number of nitrogens with one attached hydrogen (secondary N) is 1. The highest BCUT2D eigenvalue weighted by molar-refractivity contribution is 7.84. The minimum absolute atomic E-state index is 0.266. The second kappa shape index (κ2) is 8.84. The van der Waals surface area contributed by atoms with E-state index in [1.807, 2.05) is 24.3 Å². The summed E-state index contributed by atoms with van der Waals surface area (Å²) in [6, 6.07) is 11.9. The Morgan fingerprint density at radius 1 is 1.13 bits per heavy atom. The van der Waals surface area contributed by atoms with Crippen molar-refractivity contribution in [3.05, 3.63) is 53.2 Å². The van der Waals surface area contributed by atoms with Gasteiger partial charge < -0.3 is 11.1 Å². The molecule has 4 rings (SSSR count). The van der Waals surface area contributed by atoms with E-state index in [2.05, 4.69) is 10.3 Å². The van der Waals surface area contributed by atoms with Gasteiger partial charge in [-0.2, -0.15) is 0 Å². The highest BCUT2D eigenvalue weighted by Gasteiger charge is 2.21. The molecule has 0 amide bonds. The number of carbonyl (C=O) groups excluding carboxylic acids is 1. The van der Waals surface area contributed by atoms with E-state index in [1.54, 1.807) is 24.6 Å². The number of nitrogens with zero attached hydrogens (tertiary/aromatic N) is 1. The largest absolute Gasteiger partial charge is 0.381 e. The highest BCUT2D eigenvalue weighted by atomic mass is 35.5. The molecule has 1 saturated carbocycles. The number of hydrogen-bond donors (Lipinski definition) is 2. The summed E-state index contributed by atoms with van der Waals surface area (Å²) >= 11 is 6.23. The van der Waals surface area contributed by atoms with E-state index in [0.717, 1.165) is 59.7 Å². The zero-order valence-corrected chi connectivity index (χ0v) is 18.3. The van der Waals surface area contributed by atoms with Crippen LogP contribution in [0, 0.1) is 0 Å². The maximum absolute atomic E-state index is 12.4. The monoisotopic (exact) mass is 441 g/mol. The van der Waals surface area contributed by atoms with Gasteiger partial charge >= 0.3 is 0 Å². The SMILES string of the molecule is CS(=O)c1cnc2ccc(-c3ccc(C=O)c(Cl)c3)cc2c1NC1CCC(N)CC1. The third-order valence-electron chi connectivity index (χ3n) is 5.72. The Labute approximate surface area is 183 Å². The third kappa shape index (κ3) is 4.26. The summed E-state index contributed by atoms with van der Waals surface area (Å²) in [5.74, 6) is 0. The summed E-state index contributed by atoms with van der Waals surface area (Å²) in [7, 11) is -1.18. The van der Waals surface area contributed by atoms with Gasteiger partial charge in [-0.15, -0.1) is 0 Å². The van der Waals surface area contributed by atoms with Crippen LogP contribution in [-0.2, 0) is 10.8 Å². The molecule has 2 aromatic carbocycles. The Hall–Kier alpha value is -2.28. The molecule has 0 radical (unpaired) electrons. The Kier molecular flexibility index (Phi) is 6.18. The molecule has 1 fully saturated rings. The van der Waals surface area contributed by atoms with E-state index < -0.39 is 10.8 Å². The summed E-state index contributed by atoms with van der Waals surface area (Å²) in [4.78, 5) is 16.3. The zero-order valence-electron chi connectivity index (χ0n) is 16.7. The van der Waals surface area contributed by atoms with Gasteiger partial charge in [-0.25, -0.2) is 0 Å². The lowest BCUT2D eigenvalue weighted by Crippen LogP contribution is -2.33. The number of pyridine rings is 1. The van der Waals surface area contributed by atoms with Crippen molar-refractivity contribution >= 4 is 45.3 Å². The van der Waals surface area contributed by atoms with E-state index in [-0.39, 0.29) is 6.04 Å². The smallest absolute Gasteiger partial charge is 0.151 e. The first-order valence-electron chi connectivity index (χ1n) is 9.99. The average molecular weight is 442 g/mol. The van der Waals surface area contributed by atoms with Gasteiger partial charge in [-0.3, -0.25) is 14.0 Å². The molecule has 1 aliphatic rings. The van der Waals surface area contributed by atoms with Crippen molar-refractivity contribution in [1.29, 1.82) is 0 Å². The van der Waals surface area contributed by atoms with E-state index in [0.29, 0.717) is 21.5 Å². The van der Waals surface area contributed by atoms with Crippen LogP contribution >= 0.6 is 11.6 Å². The van der Waals surface area contributed by atoms with Crippen molar-refractivity contribution in [2.24, 2.45) is 5.73 Å². The van der Waals surface area contributed by atoms with Crippen molar-refractivity contribution in [3.8, 4) is 11.1 Å². The number of benzene rings is 2. The fourth-order valence-corrected chi connectivity index (χ4v) is 4.87. The first-order chi connectivity index (χ1) is 14.5. The topological polar surface area (TPSA) is 85.1 Å². The molecule has 3 aromatic rings. The first kappa shape index (κ1) is 21.0. The van der Waals surface area contributed by atoms with Crippen molar-refractivity contribution in [2.75, 3.05) is 11.6 Å². The van der Waals surface area contributed by atoms with Gasteiger partial charge in [0.1, 0.15) is 0 Å². The summed E-state index contributed by atoms with van der Waals surface area (Å²) in [6.07, 6.45) is 8.07. The third-order valence-corrected chi connectivity index (χ3v) is 6.98. The molecule has 0 aliphatic heterocycles. The fourth-order valence-electron chi connectivity index (χ4n) is 3.99. The normalized spacial score (nSPS) is 20.1. The van der Waals surface area contributed by atoms with Crippen LogP contribution in [0.1, 0.15) is 36.0 Å². The number of carbonyl (C=O) groups is 1. The standard InChI is InChI=1S/C23H24ClN3O2S/c1-30(29)22-12-26-21-9-4-14(15-2-3-16(13-28)20(24)11-15)10-19(21)23(22)27-18-7-5-17(25)6-8-18/h2-4,9-13,17-18H,5-8,25H2,1H3,(H,26,27). The van der Waals surface area contributed by atoms with Crippen LogP contribution < -0.4 is 11.1 Å². The average Bonchev–Trinajstić information content (AvgIpc) is 2.75. The number of rotatable bonds is 5. The summed E-state index contributed by atoms with van der Waals surface area (Å²) in [5, 5.41) is 4.98. The van der Waals surface area contributed by atoms with E-state index in [1.165, 1.54) is 0 Å². The molecule has 1 unspecified atom stereocenters. The number of halogens is 1. The minimum atomic E-state index is -1.18. The molecular formula is C23H24ClN3O2S. The van der Waals surface area contributed by atoms with Crippen LogP contribution in [0.5, 0.6) is 0 Å². The van der Waals surface area contributed by atoms with Gasteiger partial charge in [-0.1, -0.05) is 23.7 Å². The minimum Gasteiger partial charge on any atom is -0.381 e. The highest BCUT2D eigenvalue weighted by Crippen LogP contribution is 2.34. The number of aldehydes is 1. The predicted molar refractivity (Wildman–Crippen MR) is 124 cm³/mol. The van der Waals surface area contributed by atoms with Crippen molar-refractivity contribution in [3.63, 3.8) is 0 Å². The first-order valence-corrected chi connectivity index (χ1v) is 11.9.